The van der Waals surface area contributed by atoms with Gasteiger partial charge in [-0.1, -0.05) is 24.3 Å². The van der Waals surface area contributed by atoms with E-state index < -0.39 is 0 Å². The SMILES string of the molecule is Cc1ccccc1CCC(=O)NCCCc1cnc2ncnn2c1. The first-order chi connectivity index (χ1) is 11.7. The van der Waals surface area contributed by atoms with Crippen molar-refractivity contribution >= 4 is 11.7 Å². The number of rotatable bonds is 7. The second-order valence-corrected chi connectivity index (χ2v) is 5.85. The monoisotopic (exact) mass is 323 g/mol. The molecule has 0 bridgehead atoms. The van der Waals surface area contributed by atoms with Gasteiger partial charge in [0.05, 0.1) is 0 Å². The van der Waals surface area contributed by atoms with Crippen LogP contribution < -0.4 is 5.32 Å². The molecule has 0 saturated carbocycles. The van der Waals surface area contributed by atoms with E-state index in [4.69, 9.17) is 0 Å². The van der Waals surface area contributed by atoms with Gasteiger partial charge in [0.1, 0.15) is 6.33 Å². The van der Waals surface area contributed by atoms with Crippen LogP contribution in [0.4, 0.5) is 0 Å². The van der Waals surface area contributed by atoms with Crippen molar-refractivity contribution in [3.8, 4) is 0 Å². The smallest absolute Gasteiger partial charge is 0.252 e. The molecule has 1 amide bonds. The zero-order chi connectivity index (χ0) is 16.8. The maximum absolute atomic E-state index is 11.9. The topological polar surface area (TPSA) is 72.2 Å². The minimum atomic E-state index is 0.100. The summed E-state index contributed by atoms with van der Waals surface area (Å²) in [5.41, 5.74) is 3.56. The van der Waals surface area contributed by atoms with E-state index in [1.54, 1.807) is 4.52 Å². The number of aryl methyl sites for hydroxylation is 3. The molecule has 0 fully saturated rings. The average Bonchev–Trinajstić information content (AvgIpc) is 3.06. The Morgan fingerprint density at radius 3 is 2.96 bits per heavy atom. The van der Waals surface area contributed by atoms with Crippen molar-refractivity contribution in [2.24, 2.45) is 0 Å². The predicted molar refractivity (Wildman–Crippen MR) is 91.6 cm³/mol. The average molecular weight is 323 g/mol. The van der Waals surface area contributed by atoms with Crippen LogP contribution in [-0.4, -0.2) is 32.0 Å². The Bertz CT molecular complexity index is 827. The lowest BCUT2D eigenvalue weighted by Gasteiger charge is -2.07. The third-order valence-electron chi connectivity index (χ3n) is 4.04. The molecule has 0 aliphatic carbocycles. The normalized spacial score (nSPS) is 10.9. The highest BCUT2D eigenvalue weighted by Gasteiger charge is 2.04. The molecule has 3 rings (SSSR count). The number of carbonyl (C=O) groups excluding carboxylic acids is 1. The Balaban J connectivity index is 1.38. The van der Waals surface area contributed by atoms with Gasteiger partial charge in [-0.15, -0.1) is 0 Å². The van der Waals surface area contributed by atoms with Crippen LogP contribution in [0.25, 0.3) is 5.78 Å². The highest BCUT2D eigenvalue weighted by atomic mass is 16.1. The summed E-state index contributed by atoms with van der Waals surface area (Å²) < 4.78 is 1.66. The van der Waals surface area contributed by atoms with Gasteiger partial charge in [0.15, 0.2) is 0 Å². The number of fused-ring (bicyclic) bond motifs is 1. The quantitative estimate of drug-likeness (QED) is 0.676. The van der Waals surface area contributed by atoms with E-state index in [0.717, 1.165) is 24.8 Å². The van der Waals surface area contributed by atoms with Crippen LogP contribution in [0.1, 0.15) is 29.5 Å². The van der Waals surface area contributed by atoms with Gasteiger partial charge in [0.25, 0.3) is 5.78 Å². The van der Waals surface area contributed by atoms with Crippen molar-refractivity contribution in [3.63, 3.8) is 0 Å². The van der Waals surface area contributed by atoms with Crippen molar-refractivity contribution in [1.29, 1.82) is 0 Å². The fourth-order valence-electron chi connectivity index (χ4n) is 2.64. The molecule has 124 valence electrons. The number of hydrogen-bond donors (Lipinski definition) is 1. The maximum atomic E-state index is 11.9. The van der Waals surface area contributed by atoms with E-state index in [2.05, 4.69) is 39.4 Å². The lowest BCUT2D eigenvalue weighted by atomic mass is 10.0. The van der Waals surface area contributed by atoms with E-state index in [1.165, 1.54) is 17.5 Å². The number of amides is 1. The number of benzene rings is 1. The molecule has 0 unspecified atom stereocenters. The van der Waals surface area contributed by atoms with Crippen molar-refractivity contribution in [2.45, 2.75) is 32.6 Å². The van der Waals surface area contributed by atoms with Crippen LogP contribution in [0.5, 0.6) is 0 Å². The molecule has 24 heavy (non-hydrogen) atoms. The summed E-state index contributed by atoms with van der Waals surface area (Å²) in [5, 5.41) is 7.05. The molecule has 6 nitrogen and oxygen atoms in total. The standard InChI is InChI=1S/C18H21N5O/c1-14-5-2-3-7-16(14)8-9-17(24)19-10-4-6-15-11-20-18-21-13-22-23(18)12-15/h2-3,5,7,11-13H,4,6,8-10H2,1H3,(H,19,24). The third-order valence-corrected chi connectivity index (χ3v) is 4.04. The van der Waals surface area contributed by atoms with Gasteiger partial charge in [-0.25, -0.2) is 9.50 Å². The molecule has 2 heterocycles. The van der Waals surface area contributed by atoms with Gasteiger partial charge in [-0.05, 0) is 42.9 Å². The van der Waals surface area contributed by atoms with Crippen molar-refractivity contribution in [1.82, 2.24) is 24.9 Å². The van der Waals surface area contributed by atoms with Crippen LogP contribution in [-0.2, 0) is 17.6 Å². The fourth-order valence-corrected chi connectivity index (χ4v) is 2.64. The maximum Gasteiger partial charge on any atom is 0.252 e. The first kappa shape index (κ1) is 16.1. The number of hydrogen-bond acceptors (Lipinski definition) is 4. The Kier molecular flexibility index (Phi) is 5.15. The van der Waals surface area contributed by atoms with Gasteiger partial charge < -0.3 is 5.32 Å². The molecule has 0 atom stereocenters. The summed E-state index contributed by atoms with van der Waals surface area (Å²) in [4.78, 5) is 20.2. The van der Waals surface area contributed by atoms with Gasteiger partial charge in [0.2, 0.25) is 5.91 Å². The molecule has 1 N–H and O–H groups in total. The highest BCUT2D eigenvalue weighted by Crippen LogP contribution is 2.09. The van der Waals surface area contributed by atoms with Gasteiger partial charge in [0, 0.05) is 25.4 Å². The van der Waals surface area contributed by atoms with Crippen LogP contribution in [0.15, 0.2) is 43.0 Å². The molecule has 1 aromatic carbocycles. The first-order valence-corrected chi connectivity index (χ1v) is 8.18. The van der Waals surface area contributed by atoms with E-state index in [1.807, 2.05) is 24.5 Å². The number of aromatic nitrogens is 4. The second kappa shape index (κ2) is 7.68. The van der Waals surface area contributed by atoms with E-state index >= 15 is 0 Å². The summed E-state index contributed by atoms with van der Waals surface area (Å²) in [6.45, 7) is 2.75. The molecule has 0 radical (unpaired) electrons. The van der Waals surface area contributed by atoms with Crippen LogP contribution in [0.3, 0.4) is 0 Å². The number of nitrogens with one attached hydrogen (secondary N) is 1. The lowest BCUT2D eigenvalue weighted by molar-refractivity contribution is -0.121. The second-order valence-electron chi connectivity index (χ2n) is 5.85. The Morgan fingerprint density at radius 1 is 1.21 bits per heavy atom. The molecule has 3 aromatic rings. The third kappa shape index (κ3) is 4.16. The van der Waals surface area contributed by atoms with Gasteiger partial charge in [-0.3, -0.25) is 4.79 Å². The van der Waals surface area contributed by atoms with E-state index in [-0.39, 0.29) is 5.91 Å². The summed E-state index contributed by atoms with van der Waals surface area (Å²) in [7, 11) is 0. The first-order valence-electron chi connectivity index (χ1n) is 8.18. The zero-order valence-corrected chi connectivity index (χ0v) is 13.8. The fraction of sp³-hybridized carbons (Fsp3) is 0.333. The minimum absolute atomic E-state index is 0.100. The summed E-state index contributed by atoms with van der Waals surface area (Å²) in [6, 6.07) is 8.19. The summed E-state index contributed by atoms with van der Waals surface area (Å²) in [6.07, 6.45) is 8.25. The molecular formula is C18H21N5O. The largest absolute Gasteiger partial charge is 0.356 e. The van der Waals surface area contributed by atoms with Crippen LogP contribution in [0.2, 0.25) is 0 Å². The molecule has 0 aliphatic heterocycles. The summed E-state index contributed by atoms with van der Waals surface area (Å²) >= 11 is 0. The molecule has 0 saturated heterocycles. The lowest BCUT2D eigenvalue weighted by Crippen LogP contribution is -2.25. The summed E-state index contributed by atoms with van der Waals surface area (Å²) in [5.74, 6) is 0.700. The minimum Gasteiger partial charge on any atom is -0.356 e. The molecule has 2 aromatic heterocycles. The Morgan fingerprint density at radius 2 is 2.08 bits per heavy atom. The van der Waals surface area contributed by atoms with Gasteiger partial charge in [-0.2, -0.15) is 10.1 Å². The van der Waals surface area contributed by atoms with E-state index in [9.17, 15) is 4.79 Å². The Labute approximate surface area is 141 Å². The highest BCUT2D eigenvalue weighted by molar-refractivity contribution is 5.76. The number of nitrogens with zero attached hydrogens (tertiary/aromatic N) is 4. The van der Waals surface area contributed by atoms with E-state index in [0.29, 0.717) is 18.7 Å². The van der Waals surface area contributed by atoms with Gasteiger partial charge >= 0.3 is 0 Å². The van der Waals surface area contributed by atoms with Crippen molar-refractivity contribution < 1.29 is 4.79 Å². The molecule has 0 spiro atoms. The molecular weight excluding hydrogens is 302 g/mol. The number of carbonyl (C=O) groups is 1. The predicted octanol–water partition coefficient (Wildman–Crippen LogP) is 2.11. The molecule has 6 heteroatoms. The van der Waals surface area contributed by atoms with Crippen LogP contribution >= 0.6 is 0 Å². The Hall–Kier alpha value is -2.76. The van der Waals surface area contributed by atoms with Crippen molar-refractivity contribution in [3.05, 3.63) is 59.7 Å². The molecule has 0 aliphatic rings. The van der Waals surface area contributed by atoms with Crippen molar-refractivity contribution in [2.75, 3.05) is 6.54 Å². The van der Waals surface area contributed by atoms with Crippen LogP contribution in [0, 0.1) is 6.92 Å². The zero-order valence-electron chi connectivity index (χ0n) is 13.8.